The van der Waals surface area contributed by atoms with Gasteiger partial charge in [0.1, 0.15) is 0 Å². The van der Waals surface area contributed by atoms with E-state index < -0.39 is 0 Å². The van der Waals surface area contributed by atoms with Crippen molar-refractivity contribution in [1.82, 2.24) is 20.3 Å². The molecule has 0 aliphatic rings. The predicted molar refractivity (Wildman–Crippen MR) is 80.7 cm³/mol. The quantitative estimate of drug-likeness (QED) is 0.926. The van der Waals surface area contributed by atoms with E-state index in [0.29, 0.717) is 11.6 Å². The molecule has 0 atom stereocenters. The normalized spacial score (nSPS) is 11.8. The van der Waals surface area contributed by atoms with Crippen LogP contribution in [0.4, 0.5) is 0 Å². The summed E-state index contributed by atoms with van der Waals surface area (Å²) in [6, 6.07) is 5.71. The summed E-state index contributed by atoms with van der Waals surface area (Å²) in [7, 11) is 0. The van der Waals surface area contributed by atoms with Crippen molar-refractivity contribution in [3.63, 3.8) is 0 Å². The molecule has 102 valence electrons. The van der Waals surface area contributed by atoms with Gasteiger partial charge in [-0.25, -0.2) is 4.68 Å². The first-order valence-corrected chi connectivity index (χ1v) is 7.14. The van der Waals surface area contributed by atoms with Gasteiger partial charge in [-0.05, 0) is 54.9 Å². The Morgan fingerprint density at radius 1 is 1.37 bits per heavy atom. The molecule has 2 aromatic rings. The van der Waals surface area contributed by atoms with E-state index in [9.17, 15) is 0 Å². The van der Waals surface area contributed by atoms with E-state index in [-0.39, 0.29) is 5.54 Å². The van der Waals surface area contributed by atoms with E-state index >= 15 is 0 Å². The van der Waals surface area contributed by atoms with Gasteiger partial charge in [-0.2, -0.15) is 0 Å². The van der Waals surface area contributed by atoms with Gasteiger partial charge in [-0.15, -0.1) is 5.10 Å². The van der Waals surface area contributed by atoms with Gasteiger partial charge in [0, 0.05) is 16.6 Å². The van der Waals surface area contributed by atoms with E-state index in [4.69, 9.17) is 11.6 Å². The highest BCUT2D eigenvalue weighted by Crippen LogP contribution is 2.25. The second-order valence-corrected chi connectivity index (χ2v) is 6.60. The van der Waals surface area contributed by atoms with E-state index in [0.717, 1.165) is 15.9 Å². The van der Waals surface area contributed by atoms with Crippen LogP contribution in [-0.4, -0.2) is 20.5 Å². The molecule has 0 aliphatic heterocycles. The van der Waals surface area contributed by atoms with Crippen molar-refractivity contribution in [1.29, 1.82) is 0 Å². The molecular weight excluding hydrogens is 328 g/mol. The van der Waals surface area contributed by atoms with Gasteiger partial charge in [-0.1, -0.05) is 16.8 Å². The van der Waals surface area contributed by atoms with Crippen LogP contribution in [0.1, 0.15) is 26.5 Å². The summed E-state index contributed by atoms with van der Waals surface area (Å²) in [6.45, 7) is 7.07. The number of hydrogen-bond donors (Lipinski definition) is 1. The zero-order valence-corrected chi connectivity index (χ0v) is 13.5. The molecule has 0 radical (unpaired) electrons. The Labute approximate surface area is 126 Å². The van der Waals surface area contributed by atoms with Crippen molar-refractivity contribution < 1.29 is 0 Å². The molecule has 1 heterocycles. The summed E-state index contributed by atoms with van der Waals surface area (Å²) in [5.74, 6) is 0. The predicted octanol–water partition coefficient (Wildman–Crippen LogP) is 3.57. The first kappa shape index (κ1) is 14.5. The minimum absolute atomic E-state index is 0.0481. The Morgan fingerprint density at radius 3 is 2.74 bits per heavy atom. The Balaban J connectivity index is 2.26. The second-order valence-electron chi connectivity index (χ2n) is 5.34. The van der Waals surface area contributed by atoms with Crippen LogP contribution in [0.25, 0.3) is 5.69 Å². The van der Waals surface area contributed by atoms with Gasteiger partial charge in [0.05, 0.1) is 22.6 Å². The molecule has 0 amide bonds. The van der Waals surface area contributed by atoms with Crippen molar-refractivity contribution in [2.45, 2.75) is 32.9 Å². The van der Waals surface area contributed by atoms with Gasteiger partial charge in [0.2, 0.25) is 0 Å². The third-order valence-corrected chi connectivity index (χ3v) is 3.80. The van der Waals surface area contributed by atoms with Crippen molar-refractivity contribution in [3.05, 3.63) is 39.6 Å². The van der Waals surface area contributed by atoms with Crippen LogP contribution in [0, 0.1) is 0 Å². The summed E-state index contributed by atoms with van der Waals surface area (Å²) in [5.41, 5.74) is 1.94. The van der Waals surface area contributed by atoms with Crippen molar-refractivity contribution in [2.75, 3.05) is 0 Å². The minimum atomic E-state index is 0.0481. The first-order chi connectivity index (χ1) is 8.87. The molecular formula is C13H16BrClN4. The van der Waals surface area contributed by atoms with Gasteiger partial charge in [0.15, 0.2) is 0 Å². The van der Waals surface area contributed by atoms with E-state index in [1.165, 1.54) is 0 Å². The lowest BCUT2D eigenvalue weighted by Gasteiger charge is -2.20. The standard InChI is InChI=1S/C13H16BrClN4/c1-13(2,3)16-7-10-8-17-18-19(10)9-4-5-11(14)12(15)6-9/h4-6,8,16H,7H2,1-3H3. The largest absolute Gasteiger partial charge is 0.306 e. The van der Waals surface area contributed by atoms with Crippen LogP contribution in [0.15, 0.2) is 28.9 Å². The summed E-state index contributed by atoms with van der Waals surface area (Å²) in [6.07, 6.45) is 1.76. The zero-order chi connectivity index (χ0) is 14.0. The average Bonchev–Trinajstić information content (AvgIpc) is 2.77. The molecule has 0 saturated carbocycles. The molecule has 6 heteroatoms. The van der Waals surface area contributed by atoms with Gasteiger partial charge in [0.25, 0.3) is 0 Å². The van der Waals surface area contributed by atoms with E-state index in [1.807, 2.05) is 18.2 Å². The molecule has 0 fully saturated rings. The van der Waals surface area contributed by atoms with E-state index in [1.54, 1.807) is 10.9 Å². The summed E-state index contributed by atoms with van der Waals surface area (Å²) in [5, 5.41) is 12.2. The Bertz CT molecular complexity index is 574. The monoisotopic (exact) mass is 342 g/mol. The molecule has 19 heavy (non-hydrogen) atoms. The third kappa shape index (κ3) is 3.78. The summed E-state index contributed by atoms with van der Waals surface area (Å²) >= 11 is 9.49. The fourth-order valence-electron chi connectivity index (χ4n) is 1.57. The molecule has 2 rings (SSSR count). The maximum Gasteiger partial charge on any atom is 0.0783 e. The van der Waals surface area contributed by atoms with Crippen LogP contribution in [-0.2, 0) is 6.54 Å². The first-order valence-electron chi connectivity index (χ1n) is 5.97. The Hall–Kier alpha value is -0.910. The Kier molecular flexibility index (Phi) is 4.28. The van der Waals surface area contributed by atoms with Crippen molar-refractivity contribution >= 4 is 27.5 Å². The molecule has 4 nitrogen and oxygen atoms in total. The third-order valence-electron chi connectivity index (χ3n) is 2.57. The SMILES string of the molecule is CC(C)(C)NCc1cnnn1-c1ccc(Br)c(Cl)c1. The maximum atomic E-state index is 6.11. The number of nitrogens with one attached hydrogen (secondary N) is 1. The molecule has 0 bridgehead atoms. The average molecular weight is 344 g/mol. The molecule has 1 N–H and O–H groups in total. The molecule has 0 unspecified atom stereocenters. The number of halogens is 2. The van der Waals surface area contributed by atoms with Crippen LogP contribution in [0.2, 0.25) is 5.02 Å². The highest BCUT2D eigenvalue weighted by molar-refractivity contribution is 9.10. The number of nitrogens with zero attached hydrogens (tertiary/aromatic N) is 3. The lowest BCUT2D eigenvalue weighted by molar-refractivity contribution is 0.418. The number of rotatable bonds is 3. The molecule has 0 aliphatic carbocycles. The van der Waals surface area contributed by atoms with Crippen molar-refractivity contribution in [2.24, 2.45) is 0 Å². The highest BCUT2D eigenvalue weighted by atomic mass is 79.9. The fourth-order valence-corrected chi connectivity index (χ4v) is 1.99. The summed E-state index contributed by atoms with van der Waals surface area (Å²) < 4.78 is 2.66. The number of benzene rings is 1. The Morgan fingerprint density at radius 2 is 2.11 bits per heavy atom. The molecule has 1 aromatic carbocycles. The van der Waals surface area contributed by atoms with Gasteiger partial charge >= 0.3 is 0 Å². The number of hydrogen-bond acceptors (Lipinski definition) is 3. The lowest BCUT2D eigenvalue weighted by Crippen LogP contribution is -2.35. The molecule has 1 aromatic heterocycles. The summed E-state index contributed by atoms with van der Waals surface area (Å²) in [4.78, 5) is 0. The van der Waals surface area contributed by atoms with Crippen LogP contribution in [0.5, 0.6) is 0 Å². The van der Waals surface area contributed by atoms with Crippen LogP contribution >= 0.6 is 27.5 Å². The topological polar surface area (TPSA) is 42.7 Å². The molecule has 0 saturated heterocycles. The highest BCUT2D eigenvalue weighted by Gasteiger charge is 2.12. The minimum Gasteiger partial charge on any atom is -0.306 e. The molecule has 0 spiro atoms. The van der Waals surface area contributed by atoms with Gasteiger partial charge < -0.3 is 5.32 Å². The maximum absolute atomic E-state index is 6.11. The van der Waals surface area contributed by atoms with Crippen molar-refractivity contribution in [3.8, 4) is 5.69 Å². The van der Waals surface area contributed by atoms with Crippen LogP contribution in [0.3, 0.4) is 0 Å². The van der Waals surface area contributed by atoms with Crippen LogP contribution < -0.4 is 5.32 Å². The van der Waals surface area contributed by atoms with E-state index in [2.05, 4.69) is 52.3 Å². The second kappa shape index (κ2) is 5.61. The lowest BCUT2D eigenvalue weighted by atomic mass is 10.1. The smallest absolute Gasteiger partial charge is 0.0783 e. The fraction of sp³-hybridized carbons (Fsp3) is 0.385. The van der Waals surface area contributed by atoms with Gasteiger partial charge in [-0.3, -0.25) is 0 Å². The zero-order valence-electron chi connectivity index (χ0n) is 11.1. The number of aromatic nitrogens is 3.